The molecule has 0 radical (unpaired) electrons. The molecule has 0 amide bonds. The fourth-order valence-electron chi connectivity index (χ4n) is 2.05. The van der Waals surface area contributed by atoms with Gasteiger partial charge in [0.2, 0.25) is 5.95 Å². The van der Waals surface area contributed by atoms with Crippen LogP contribution in [0, 0.1) is 0 Å². The largest absolute Gasteiger partial charge is 0.383 e. The number of aromatic nitrogens is 4. The highest BCUT2D eigenvalue weighted by atomic mass is 16.5. The molecule has 1 atom stereocenters. The van der Waals surface area contributed by atoms with Crippen LogP contribution in [0.25, 0.3) is 11.3 Å². The predicted octanol–water partition coefficient (Wildman–Crippen LogP) is 0.660. The van der Waals surface area contributed by atoms with Gasteiger partial charge < -0.3 is 15.8 Å². The zero-order valence-corrected chi connectivity index (χ0v) is 10.7. The summed E-state index contributed by atoms with van der Waals surface area (Å²) in [6, 6.07) is 2.10. The fraction of sp³-hybridized carbons (Fsp3) is 0.417. The van der Waals surface area contributed by atoms with Gasteiger partial charge in [-0.05, 0) is 12.5 Å². The van der Waals surface area contributed by atoms with Gasteiger partial charge in [0.05, 0.1) is 30.1 Å². The first-order valence-corrected chi connectivity index (χ1v) is 6.19. The quantitative estimate of drug-likeness (QED) is 0.842. The van der Waals surface area contributed by atoms with Crippen molar-refractivity contribution in [1.82, 2.24) is 19.7 Å². The van der Waals surface area contributed by atoms with Gasteiger partial charge in [0, 0.05) is 19.9 Å². The molecule has 3 heterocycles. The molecule has 19 heavy (non-hydrogen) atoms. The maximum absolute atomic E-state index is 5.95. The third kappa shape index (κ3) is 2.37. The molecular formula is C12H16N6O. The minimum Gasteiger partial charge on any atom is -0.383 e. The highest BCUT2D eigenvalue weighted by molar-refractivity contribution is 5.70. The highest BCUT2D eigenvalue weighted by Crippen LogP contribution is 2.23. The van der Waals surface area contributed by atoms with E-state index in [4.69, 9.17) is 10.5 Å². The molecule has 2 aromatic heterocycles. The molecule has 0 aromatic carbocycles. The molecule has 1 aliphatic rings. The minimum atomic E-state index is 0.279. The van der Waals surface area contributed by atoms with Crippen molar-refractivity contribution in [2.24, 2.45) is 7.05 Å². The summed E-state index contributed by atoms with van der Waals surface area (Å²) < 4.78 is 6.94. The van der Waals surface area contributed by atoms with Crippen LogP contribution in [0.1, 0.15) is 6.42 Å². The van der Waals surface area contributed by atoms with E-state index in [1.54, 1.807) is 24.1 Å². The normalized spacial score (nSPS) is 18.7. The molecule has 0 bridgehead atoms. The summed E-state index contributed by atoms with van der Waals surface area (Å²) in [6.45, 7) is 1.48. The van der Waals surface area contributed by atoms with Crippen molar-refractivity contribution in [3.8, 4) is 11.3 Å². The lowest BCUT2D eigenvalue weighted by Gasteiger charge is -2.10. The summed E-state index contributed by atoms with van der Waals surface area (Å²) >= 11 is 0. The third-order valence-corrected chi connectivity index (χ3v) is 3.18. The van der Waals surface area contributed by atoms with Crippen molar-refractivity contribution >= 4 is 11.8 Å². The van der Waals surface area contributed by atoms with Crippen molar-refractivity contribution in [2.75, 3.05) is 24.3 Å². The summed E-state index contributed by atoms with van der Waals surface area (Å²) in [5.41, 5.74) is 7.53. The second-order valence-corrected chi connectivity index (χ2v) is 4.54. The summed E-state index contributed by atoms with van der Waals surface area (Å²) in [4.78, 5) is 8.69. The molecule has 7 nitrogen and oxygen atoms in total. The predicted molar refractivity (Wildman–Crippen MR) is 71.5 cm³/mol. The number of hydrogen-bond acceptors (Lipinski definition) is 6. The van der Waals surface area contributed by atoms with Crippen LogP contribution in [0.2, 0.25) is 0 Å². The highest BCUT2D eigenvalue weighted by Gasteiger charge is 2.17. The Kier molecular flexibility index (Phi) is 3.04. The smallest absolute Gasteiger partial charge is 0.223 e. The molecule has 3 N–H and O–H groups in total. The topological polar surface area (TPSA) is 90.9 Å². The molecule has 0 aliphatic carbocycles. The number of nitrogens with two attached hydrogens (primary N) is 1. The Morgan fingerprint density at radius 2 is 2.42 bits per heavy atom. The molecule has 1 aliphatic heterocycles. The first-order valence-electron chi connectivity index (χ1n) is 6.19. The van der Waals surface area contributed by atoms with Gasteiger partial charge in [0.1, 0.15) is 5.82 Å². The van der Waals surface area contributed by atoms with E-state index in [1.165, 1.54) is 0 Å². The lowest BCUT2D eigenvalue weighted by atomic mass is 10.2. The van der Waals surface area contributed by atoms with Gasteiger partial charge in [-0.3, -0.25) is 4.68 Å². The van der Waals surface area contributed by atoms with Gasteiger partial charge in [-0.1, -0.05) is 0 Å². The van der Waals surface area contributed by atoms with Crippen LogP contribution in [0.3, 0.4) is 0 Å². The standard InChI is InChI=1S/C12H16N6O/c1-18-11(13)9(6-15-18)10-2-4-14-12(17-10)16-8-3-5-19-7-8/h2,4,6,8H,3,5,7,13H2,1H3,(H,14,16,17). The Morgan fingerprint density at radius 1 is 1.53 bits per heavy atom. The van der Waals surface area contributed by atoms with Crippen LogP contribution in [0.15, 0.2) is 18.5 Å². The van der Waals surface area contributed by atoms with Gasteiger partial charge >= 0.3 is 0 Å². The van der Waals surface area contributed by atoms with E-state index in [2.05, 4.69) is 20.4 Å². The third-order valence-electron chi connectivity index (χ3n) is 3.18. The molecule has 1 fully saturated rings. The molecule has 7 heteroatoms. The van der Waals surface area contributed by atoms with E-state index < -0.39 is 0 Å². The summed E-state index contributed by atoms with van der Waals surface area (Å²) in [7, 11) is 1.80. The van der Waals surface area contributed by atoms with E-state index in [9.17, 15) is 0 Å². The molecule has 3 rings (SSSR count). The summed E-state index contributed by atoms with van der Waals surface area (Å²) in [5, 5.41) is 7.38. The van der Waals surface area contributed by atoms with Gasteiger partial charge in [-0.25, -0.2) is 9.97 Å². The lowest BCUT2D eigenvalue weighted by molar-refractivity contribution is 0.195. The maximum atomic E-state index is 5.95. The monoisotopic (exact) mass is 260 g/mol. The fourth-order valence-corrected chi connectivity index (χ4v) is 2.05. The first-order chi connectivity index (χ1) is 9.24. The van der Waals surface area contributed by atoms with Crippen LogP contribution >= 0.6 is 0 Å². The van der Waals surface area contributed by atoms with Gasteiger partial charge in [-0.15, -0.1) is 0 Å². The molecule has 1 saturated heterocycles. The van der Waals surface area contributed by atoms with Crippen LogP contribution < -0.4 is 11.1 Å². The van der Waals surface area contributed by atoms with Crippen molar-refractivity contribution in [2.45, 2.75) is 12.5 Å². The molecule has 2 aromatic rings. The first kappa shape index (κ1) is 11.9. The molecule has 0 saturated carbocycles. The second kappa shape index (κ2) is 4.85. The Morgan fingerprint density at radius 3 is 3.11 bits per heavy atom. The van der Waals surface area contributed by atoms with E-state index in [1.807, 2.05) is 6.07 Å². The Hall–Kier alpha value is -2.15. The van der Waals surface area contributed by atoms with E-state index >= 15 is 0 Å². The van der Waals surface area contributed by atoms with Crippen LogP contribution in [-0.2, 0) is 11.8 Å². The van der Waals surface area contributed by atoms with Crippen LogP contribution in [0.5, 0.6) is 0 Å². The van der Waals surface area contributed by atoms with Crippen molar-refractivity contribution in [1.29, 1.82) is 0 Å². The van der Waals surface area contributed by atoms with Crippen molar-refractivity contribution < 1.29 is 4.74 Å². The van der Waals surface area contributed by atoms with Crippen LogP contribution in [0.4, 0.5) is 11.8 Å². The Balaban J connectivity index is 1.85. The number of ether oxygens (including phenoxy) is 1. The van der Waals surface area contributed by atoms with Crippen molar-refractivity contribution in [3.63, 3.8) is 0 Å². The number of anilines is 2. The SMILES string of the molecule is Cn1ncc(-c2ccnc(NC3CCOC3)n2)c1N. The number of rotatable bonds is 3. The average Bonchev–Trinajstić information content (AvgIpc) is 3.02. The summed E-state index contributed by atoms with van der Waals surface area (Å²) in [5.74, 6) is 1.19. The van der Waals surface area contributed by atoms with Gasteiger partial charge in [0.15, 0.2) is 0 Å². The average molecular weight is 260 g/mol. The zero-order chi connectivity index (χ0) is 13.2. The van der Waals surface area contributed by atoms with Crippen molar-refractivity contribution in [3.05, 3.63) is 18.5 Å². The van der Waals surface area contributed by atoms with Gasteiger partial charge in [-0.2, -0.15) is 5.10 Å². The Labute approximate surface area is 110 Å². The Bertz CT molecular complexity index is 575. The van der Waals surface area contributed by atoms with E-state index in [0.717, 1.165) is 24.3 Å². The number of nitrogen functional groups attached to an aromatic ring is 1. The second-order valence-electron chi connectivity index (χ2n) is 4.54. The minimum absolute atomic E-state index is 0.279. The zero-order valence-electron chi connectivity index (χ0n) is 10.7. The van der Waals surface area contributed by atoms with Gasteiger partial charge in [0.25, 0.3) is 0 Å². The van der Waals surface area contributed by atoms with E-state index in [0.29, 0.717) is 18.4 Å². The van der Waals surface area contributed by atoms with Crippen LogP contribution in [-0.4, -0.2) is 39.0 Å². The lowest BCUT2D eigenvalue weighted by Crippen LogP contribution is -2.20. The number of nitrogens with zero attached hydrogens (tertiary/aromatic N) is 4. The number of nitrogens with one attached hydrogen (secondary N) is 1. The number of hydrogen-bond donors (Lipinski definition) is 2. The number of aryl methyl sites for hydroxylation is 1. The van der Waals surface area contributed by atoms with E-state index in [-0.39, 0.29) is 6.04 Å². The summed E-state index contributed by atoms with van der Waals surface area (Å²) in [6.07, 6.45) is 4.40. The molecule has 1 unspecified atom stereocenters. The molecule has 0 spiro atoms. The molecular weight excluding hydrogens is 244 g/mol. The maximum Gasteiger partial charge on any atom is 0.223 e. The molecule has 100 valence electrons.